The van der Waals surface area contributed by atoms with Gasteiger partial charge in [0.05, 0.1) is 19.1 Å². The molecule has 1 aromatic heterocycles. The topological polar surface area (TPSA) is 81.4 Å². The molecule has 8 heteroatoms. The maximum atomic E-state index is 12.3. The van der Waals surface area contributed by atoms with Crippen molar-refractivity contribution in [3.05, 3.63) is 84.4 Å². The molecule has 0 spiro atoms. The zero-order valence-electron chi connectivity index (χ0n) is 19.0. The maximum absolute atomic E-state index is 12.3. The van der Waals surface area contributed by atoms with Crippen LogP contribution in [0, 0.1) is 0 Å². The summed E-state index contributed by atoms with van der Waals surface area (Å²) in [7, 11) is 1.63. The molecule has 34 heavy (non-hydrogen) atoms. The van der Waals surface area contributed by atoms with E-state index in [1.54, 1.807) is 13.3 Å². The van der Waals surface area contributed by atoms with E-state index in [1.807, 2.05) is 78.2 Å². The van der Waals surface area contributed by atoms with Crippen LogP contribution in [0.3, 0.4) is 0 Å². The summed E-state index contributed by atoms with van der Waals surface area (Å²) in [5.41, 5.74) is 6.71. The highest BCUT2D eigenvalue weighted by Gasteiger charge is 2.14. The van der Waals surface area contributed by atoms with E-state index < -0.39 is 0 Å². The van der Waals surface area contributed by atoms with E-state index in [0.29, 0.717) is 11.7 Å². The molecular formula is C26H25N5O2S. The Morgan fingerprint density at radius 2 is 1.65 bits per heavy atom. The van der Waals surface area contributed by atoms with Crippen LogP contribution in [0.2, 0.25) is 0 Å². The molecule has 0 bridgehead atoms. The van der Waals surface area contributed by atoms with Gasteiger partial charge in [-0.1, -0.05) is 66.4 Å². The molecule has 0 aliphatic heterocycles. The van der Waals surface area contributed by atoms with Crippen molar-refractivity contribution in [3.63, 3.8) is 0 Å². The largest absolute Gasteiger partial charge is 0.497 e. The number of benzene rings is 3. The number of nitrogens with zero attached hydrogens (tertiary/aromatic N) is 4. The number of methoxy groups -OCH3 is 1. The molecule has 4 rings (SSSR count). The smallest absolute Gasteiger partial charge is 0.250 e. The van der Waals surface area contributed by atoms with Gasteiger partial charge in [-0.2, -0.15) is 5.10 Å². The number of hydrogen-bond acceptors (Lipinski definition) is 6. The second-order valence-electron chi connectivity index (χ2n) is 7.35. The summed E-state index contributed by atoms with van der Waals surface area (Å²) in [6.45, 7) is 2.71. The number of rotatable bonds is 9. The highest BCUT2D eigenvalue weighted by molar-refractivity contribution is 7.99. The fourth-order valence-corrected chi connectivity index (χ4v) is 4.16. The molecule has 3 aromatic carbocycles. The number of aromatic nitrogens is 3. The van der Waals surface area contributed by atoms with Gasteiger partial charge in [-0.15, -0.1) is 10.2 Å². The first-order valence-electron chi connectivity index (χ1n) is 10.9. The number of hydrazone groups is 1. The van der Waals surface area contributed by atoms with Crippen molar-refractivity contribution in [1.29, 1.82) is 0 Å². The van der Waals surface area contributed by atoms with Gasteiger partial charge < -0.3 is 9.30 Å². The van der Waals surface area contributed by atoms with E-state index in [-0.39, 0.29) is 11.7 Å². The molecule has 172 valence electrons. The van der Waals surface area contributed by atoms with E-state index in [9.17, 15) is 4.79 Å². The maximum Gasteiger partial charge on any atom is 0.250 e. The molecule has 4 aromatic rings. The van der Waals surface area contributed by atoms with Crippen LogP contribution >= 0.6 is 11.8 Å². The lowest BCUT2D eigenvalue weighted by atomic mass is 10.0. The molecule has 0 radical (unpaired) electrons. The monoisotopic (exact) mass is 471 g/mol. The molecule has 0 saturated heterocycles. The van der Waals surface area contributed by atoms with Gasteiger partial charge in [0, 0.05) is 12.1 Å². The summed E-state index contributed by atoms with van der Waals surface area (Å²) in [6.07, 6.45) is 1.63. The molecule has 0 saturated carbocycles. The van der Waals surface area contributed by atoms with Crippen LogP contribution in [-0.2, 0) is 11.3 Å². The SMILES string of the molecule is CCn1c(SCC(=O)N/N=C/c2ccc(-c3ccccc3)cc2)nnc1-c1ccc(OC)cc1. The van der Waals surface area contributed by atoms with Crippen LogP contribution in [0.1, 0.15) is 12.5 Å². The molecular weight excluding hydrogens is 446 g/mol. The molecule has 1 N–H and O–H groups in total. The Bertz CT molecular complexity index is 1250. The van der Waals surface area contributed by atoms with Crippen molar-refractivity contribution in [3.8, 4) is 28.3 Å². The molecule has 1 amide bonds. The molecule has 0 aliphatic carbocycles. The summed E-state index contributed by atoms with van der Waals surface area (Å²) in [4.78, 5) is 12.3. The van der Waals surface area contributed by atoms with Gasteiger partial charge >= 0.3 is 0 Å². The van der Waals surface area contributed by atoms with Crippen LogP contribution < -0.4 is 10.2 Å². The first kappa shape index (κ1) is 23.3. The molecule has 0 unspecified atom stereocenters. The van der Waals surface area contributed by atoms with Crippen LogP contribution in [0.5, 0.6) is 5.75 Å². The lowest BCUT2D eigenvalue weighted by molar-refractivity contribution is -0.118. The van der Waals surface area contributed by atoms with Crippen molar-refractivity contribution in [1.82, 2.24) is 20.2 Å². The highest BCUT2D eigenvalue weighted by atomic mass is 32.2. The van der Waals surface area contributed by atoms with Crippen LogP contribution in [0.4, 0.5) is 0 Å². The number of nitrogens with one attached hydrogen (secondary N) is 1. The minimum Gasteiger partial charge on any atom is -0.497 e. The minimum absolute atomic E-state index is 0.186. The van der Waals surface area contributed by atoms with E-state index in [0.717, 1.165) is 33.8 Å². The first-order chi connectivity index (χ1) is 16.7. The van der Waals surface area contributed by atoms with Gasteiger partial charge in [-0.25, -0.2) is 5.43 Å². The van der Waals surface area contributed by atoms with Crippen LogP contribution in [0.15, 0.2) is 89.1 Å². The zero-order chi connectivity index (χ0) is 23.8. The zero-order valence-corrected chi connectivity index (χ0v) is 19.8. The van der Waals surface area contributed by atoms with Gasteiger partial charge in [-0.05, 0) is 47.9 Å². The predicted molar refractivity (Wildman–Crippen MR) is 136 cm³/mol. The van der Waals surface area contributed by atoms with Crippen molar-refractivity contribution in [2.45, 2.75) is 18.6 Å². The fraction of sp³-hybridized carbons (Fsp3) is 0.154. The predicted octanol–water partition coefficient (Wildman–Crippen LogP) is 4.88. The van der Waals surface area contributed by atoms with Crippen LogP contribution in [-0.4, -0.2) is 39.7 Å². The van der Waals surface area contributed by atoms with Gasteiger partial charge in [0.25, 0.3) is 5.91 Å². The van der Waals surface area contributed by atoms with Gasteiger partial charge in [0.15, 0.2) is 11.0 Å². The van der Waals surface area contributed by atoms with E-state index in [2.05, 4.69) is 32.9 Å². The summed E-state index contributed by atoms with van der Waals surface area (Å²) in [5.74, 6) is 1.51. The van der Waals surface area contributed by atoms with Crippen molar-refractivity contribution >= 4 is 23.9 Å². The summed E-state index contributed by atoms with van der Waals surface area (Å²) in [6, 6.07) is 25.8. The standard InChI is InChI=1S/C26H25N5O2S/c1-3-31-25(22-13-15-23(33-2)16-14-22)29-30-26(31)34-18-24(32)28-27-17-19-9-11-21(12-10-19)20-7-5-4-6-8-20/h4-17H,3,18H2,1-2H3,(H,28,32)/b27-17+. The molecule has 0 aliphatic rings. The van der Waals surface area contributed by atoms with E-state index in [4.69, 9.17) is 4.74 Å². The lowest BCUT2D eigenvalue weighted by Gasteiger charge is -2.07. The Morgan fingerprint density at radius 1 is 0.971 bits per heavy atom. The van der Waals surface area contributed by atoms with Crippen molar-refractivity contribution < 1.29 is 9.53 Å². The normalized spacial score (nSPS) is 11.0. The molecule has 7 nitrogen and oxygen atoms in total. The first-order valence-corrected chi connectivity index (χ1v) is 11.8. The molecule has 1 heterocycles. The third-order valence-corrected chi connectivity index (χ3v) is 6.10. The number of carbonyl (C=O) groups excluding carboxylic acids is 1. The number of ether oxygens (including phenoxy) is 1. The summed E-state index contributed by atoms with van der Waals surface area (Å²) in [5, 5.41) is 13.3. The van der Waals surface area contributed by atoms with Crippen molar-refractivity contribution in [2.75, 3.05) is 12.9 Å². The number of amides is 1. The molecule has 0 fully saturated rings. The van der Waals surface area contributed by atoms with Crippen LogP contribution in [0.25, 0.3) is 22.5 Å². The quantitative estimate of drug-likeness (QED) is 0.214. The van der Waals surface area contributed by atoms with Crippen molar-refractivity contribution in [2.24, 2.45) is 5.10 Å². The van der Waals surface area contributed by atoms with Gasteiger partial charge in [0.2, 0.25) is 0 Å². The van der Waals surface area contributed by atoms with E-state index >= 15 is 0 Å². The Kier molecular flexibility index (Phi) is 7.72. The molecule has 0 atom stereocenters. The second kappa shape index (κ2) is 11.3. The van der Waals surface area contributed by atoms with E-state index in [1.165, 1.54) is 11.8 Å². The number of hydrogen-bond donors (Lipinski definition) is 1. The number of thioether (sulfide) groups is 1. The average molecular weight is 472 g/mol. The lowest BCUT2D eigenvalue weighted by Crippen LogP contribution is -2.20. The fourth-order valence-electron chi connectivity index (χ4n) is 3.37. The summed E-state index contributed by atoms with van der Waals surface area (Å²) < 4.78 is 7.20. The Balaban J connectivity index is 1.31. The summed E-state index contributed by atoms with van der Waals surface area (Å²) >= 11 is 1.33. The van der Waals surface area contributed by atoms with Gasteiger partial charge in [0.1, 0.15) is 5.75 Å². The third kappa shape index (κ3) is 5.71. The average Bonchev–Trinajstić information content (AvgIpc) is 3.31. The Morgan fingerprint density at radius 3 is 2.32 bits per heavy atom. The highest BCUT2D eigenvalue weighted by Crippen LogP contribution is 2.25. The minimum atomic E-state index is -0.209. The Labute approximate surface area is 202 Å². The van der Waals surface area contributed by atoms with Gasteiger partial charge in [-0.3, -0.25) is 4.79 Å². The second-order valence-corrected chi connectivity index (χ2v) is 8.29. The number of carbonyl (C=O) groups is 1. The third-order valence-electron chi connectivity index (χ3n) is 5.13. The Hall–Kier alpha value is -3.91.